The van der Waals surface area contributed by atoms with Gasteiger partial charge in [0, 0.05) is 23.6 Å². The molecule has 0 fully saturated rings. The van der Waals surface area contributed by atoms with Gasteiger partial charge in [0.05, 0.1) is 0 Å². The number of rotatable bonds is 4. The molecule has 0 bridgehead atoms. The molecular formula is C15H19FN4. The van der Waals surface area contributed by atoms with E-state index in [0.717, 1.165) is 16.7 Å². The van der Waals surface area contributed by atoms with Crippen molar-refractivity contribution in [3.8, 4) is 0 Å². The van der Waals surface area contributed by atoms with E-state index >= 15 is 0 Å². The molecule has 5 N–H and O–H groups in total. The Labute approximate surface area is 118 Å². The Bertz CT molecular complexity index is 596. The smallest absolute Gasteiger partial charge is 0.130 e. The molecule has 0 aliphatic carbocycles. The molecule has 1 aromatic carbocycles. The third kappa shape index (κ3) is 2.88. The predicted molar refractivity (Wildman–Crippen MR) is 79.7 cm³/mol. The van der Waals surface area contributed by atoms with Crippen molar-refractivity contribution in [2.75, 3.05) is 18.5 Å². The van der Waals surface area contributed by atoms with Crippen LogP contribution >= 0.6 is 0 Å². The lowest BCUT2D eigenvalue weighted by molar-refractivity contribution is 0.626. The van der Waals surface area contributed by atoms with Crippen molar-refractivity contribution >= 4 is 11.6 Å². The average Bonchev–Trinajstić information content (AvgIpc) is 2.42. The molecule has 4 nitrogen and oxygen atoms in total. The second-order valence-corrected chi connectivity index (χ2v) is 4.81. The number of hydrogen-bond donors (Lipinski definition) is 3. The summed E-state index contributed by atoms with van der Waals surface area (Å²) >= 11 is 0. The fourth-order valence-corrected chi connectivity index (χ4v) is 2.21. The van der Waals surface area contributed by atoms with E-state index in [1.165, 1.54) is 12.1 Å². The third-order valence-corrected chi connectivity index (χ3v) is 3.40. The second kappa shape index (κ2) is 5.88. The number of nitrogen functional groups attached to an aromatic ring is 2. The summed E-state index contributed by atoms with van der Waals surface area (Å²) in [4.78, 5) is 4.20. The highest BCUT2D eigenvalue weighted by atomic mass is 19.1. The van der Waals surface area contributed by atoms with Crippen LogP contribution in [-0.4, -0.2) is 12.0 Å². The van der Waals surface area contributed by atoms with Gasteiger partial charge in [0.15, 0.2) is 0 Å². The molecule has 1 unspecified atom stereocenters. The van der Waals surface area contributed by atoms with Crippen LogP contribution in [0, 0.1) is 5.82 Å². The monoisotopic (exact) mass is 274 g/mol. The lowest BCUT2D eigenvalue weighted by Crippen LogP contribution is -2.12. The number of benzene rings is 1. The van der Waals surface area contributed by atoms with Crippen molar-refractivity contribution in [3.05, 3.63) is 52.8 Å². The molecule has 20 heavy (non-hydrogen) atoms. The first-order valence-electron chi connectivity index (χ1n) is 6.47. The van der Waals surface area contributed by atoms with Gasteiger partial charge >= 0.3 is 0 Å². The first-order chi connectivity index (χ1) is 9.52. The zero-order chi connectivity index (χ0) is 14.7. The van der Waals surface area contributed by atoms with E-state index in [0.29, 0.717) is 18.2 Å². The average molecular weight is 274 g/mol. The van der Waals surface area contributed by atoms with E-state index < -0.39 is 0 Å². The number of nitrogens with zero attached hydrogens (tertiary/aromatic N) is 1. The van der Waals surface area contributed by atoms with Crippen LogP contribution < -0.4 is 16.8 Å². The third-order valence-electron chi connectivity index (χ3n) is 3.40. The molecule has 1 aromatic heterocycles. The fraction of sp³-hybridized carbons (Fsp3) is 0.267. The molecular weight excluding hydrogens is 255 g/mol. The maximum Gasteiger partial charge on any atom is 0.130 e. The molecule has 5 heteroatoms. The molecule has 0 aliphatic heterocycles. The highest BCUT2D eigenvalue weighted by Crippen LogP contribution is 2.30. The summed E-state index contributed by atoms with van der Waals surface area (Å²) < 4.78 is 13.0. The standard InChI is InChI=1S/C15H19FN4/c1-9(10-3-5-12(16)6-4-10)13-7-11(8-19-2)14(17)20-15(13)18/h3-7,9,19H,8H2,1-2H3,(H4,17,18,20). The predicted octanol–water partition coefficient (Wildman–Crippen LogP) is 2.26. The largest absolute Gasteiger partial charge is 0.383 e. The summed E-state index contributed by atoms with van der Waals surface area (Å²) in [6, 6.07) is 8.37. The maximum absolute atomic E-state index is 13.0. The first-order valence-corrected chi connectivity index (χ1v) is 6.47. The van der Waals surface area contributed by atoms with Crippen molar-refractivity contribution in [1.82, 2.24) is 10.3 Å². The number of hydrogen-bond acceptors (Lipinski definition) is 4. The fourth-order valence-electron chi connectivity index (χ4n) is 2.21. The van der Waals surface area contributed by atoms with Gasteiger partial charge < -0.3 is 16.8 Å². The normalized spacial score (nSPS) is 12.3. The van der Waals surface area contributed by atoms with Gasteiger partial charge in [-0.3, -0.25) is 0 Å². The van der Waals surface area contributed by atoms with E-state index in [1.807, 2.05) is 20.0 Å². The molecule has 106 valence electrons. The quantitative estimate of drug-likeness (QED) is 0.799. The molecule has 0 saturated heterocycles. The van der Waals surface area contributed by atoms with Crippen molar-refractivity contribution in [3.63, 3.8) is 0 Å². The summed E-state index contributed by atoms with van der Waals surface area (Å²) in [5.41, 5.74) is 14.6. The molecule has 2 aromatic rings. The SMILES string of the molecule is CNCc1cc(C(C)c2ccc(F)cc2)c(N)nc1N. The van der Waals surface area contributed by atoms with E-state index in [1.54, 1.807) is 12.1 Å². The van der Waals surface area contributed by atoms with E-state index in [-0.39, 0.29) is 11.7 Å². The zero-order valence-corrected chi connectivity index (χ0v) is 11.7. The van der Waals surface area contributed by atoms with Crippen molar-refractivity contribution < 1.29 is 4.39 Å². The first kappa shape index (κ1) is 14.3. The van der Waals surface area contributed by atoms with Gasteiger partial charge in [0.25, 0.3) is 0 Å². The Kier molecular flexibility index (Phi) is 4.20. The van der Waals surface area contributed by atoms with Crippen molar-refractivity contribution in [1.29, 1.82) is 0 Å². The highest BCUT2D eigenvalue weighted by molar-refractivity contribution is 5.54. The molecule has 1 heterocycles. The lowest BCUT2D eigenvalue weighted by Gasteiger charge is -2.17. The summed E-state index contributed by atoms with van der Waals surface area (Å²) in [7, 11) is 1.85. The van der Waals surface area contributed by atoms with E-state index in [4.69, 9.17) is 11.5 Å². The lowest BCUT2D eigenvalue weighted by atomic mass is 9.92. The molecule has 2 rings (SSSR count). The summed E-state index contributed by atoms with van der Waals surface area (Å²) in [5, 5.41) is 3.05. The highest BCUT2D eigenvalue weighted by Gasteiger charge is 2.15. The molecule has 0 spiro atoms. The van der Waals surface area contributed by atoms with Crippen LogP contribution in [0.4, 0.5) is 16.0 Å². The van der Waals surface area contributed by atoms with Crippen molar-refractivity contribution in [2.45, 2.75) is 19.4 Å². The van der Waals surface area contributed by atoms with Crippen molar-refractivity contribution in [2.24, 2.45) is 0 Å². The van der Waals surface area contributed by atoms with Crippen LogP contribution in [0.2, 0.25) is 0 Å². The summed E-state index contributed by atoms with van der Waals surface area (Å²) in [6.07, 6.45) is 0. The Balaban J connectivity index is 2.40. The van der Waals surface area contributed by atoms with Crippen LogP contribution in [0.3, 0.4) is 0 Å². The van der Waals surface area contributed by atoms with Crippen LogP contribution in [0.25, 0.3) is 0 Å². The maximum atomic E-state index is 13.0. The van der Waals surface area contributed by atoms with Crippen LogP contribution in [0.1, 0.15) is 29.5 Å². The van der Waals surface area contributed by atoms with Crippen LogP contribution in [0.5, 0.6) is 0 Å². The summed E-state index contributed by atoms with van der Waals surface area (Å²) in [5.74, 6) is 0.630. The minimum Gasteiger partial charge on any atom is -0.383 e. The van der Waals surface area contributed by atoms with Gasteiger partial charge in [-0.2, -0.15) is 0 Å². The molecule has 0 saturated carbocycles. The summed E-state index contributed by atoms with van der Waals surface area (Å²) in [6.45, 7) is 2.64. The van der Waals surface area contributed by atoms with Gasteiger partial charge in [0.2, 0.25) is 0 Å². The van der Waals surface area contributed by atoms with Crippen LogP contribution in [-0.2, 0) is 6.54 Å². The van der Waals surface area contributed by atoms with E-state index in [2.05, 4.69) is 10.3 Å². The number of aromatic nitrogens is 1. The number of anilines is 2. The molecule has 0 radical (unpaired) electrons. The van der Waals surface area contributed by atoms with Gasteiger partial charge in [-0.15, -0.1) is 0 Å². The Hall–Kier alpha value is -2.14. The van der Waals surface area contributed by atoms with Gasteiger partial charge in [-0.05, 0) is 30.8 Å². The molecule has 1 atom stereocenters. The number of nitrogens with two attached hydrogens (primary N) is 2. The van der Waals surface area contributed by atoms with Gasteiger partial charge in [0.1, 0.15) is 17.5 Å². The number of halogens is 1. The second-order valence-electron chi connectivity index (χ2n) is 4.81. The zero-order valence-electron chi connectivity index (χ0n) is 11.7. The van der Waals surface area contributed by atoms with Gasteiger partial charge in [-0.1, -0.05) is 19.1 Å². The van der Waals surface area contributed by atoms with Gasteiger partial charge in [-0.25, -0.2) is 9.37 Å². The van der Waals surface area contributed by atoms with Crippen LogP contribution in [0.15, 0.2) is 30.3 Å². The minimum atomic E-state index is -0.250. The number of nitrogens with one attached hydrogen (secondary N) is 1. The number of pyridine rings is 1. The Morgan fingerprint density at radius 3 is 2.45 bits per heavy atom. The Morgan fingerprint density at radius 2 is 1.85 bits per heavy atom. The molecule has 0 aliphatic rings. The molecule has 0 amide bonds. The van der Waals surface area contributed by atoms with E-state index in [9.17, 15) is 4.39 Å². The topological polar surface area (TPSA) is 77.0 Å². The Morgan fingerprint density at radius 1 is 1.20 bits per heavy atom. The minimum absolute atomic E-state index is 0.0271.